The summed E-state index contributed by atoms with van der Waals surface area (Å²) in [5.41, 5.74) is 0.836. The van der Waals surface area contributed by atoms with Crippen LogP contribution in [0.25, 0.3) is 0 Å². The van der Waals surface area contributed by atoms with Crippen LogP contribution < -0.4 is 4.74 Å². The number of halogens is 1. The zero-order chi connectivity index (χ0) is 11.9. The van der Waals surface area contributed by atoms with Gasteiger partial charge in [0.2, 0.25) is 0 Å². The van der Waals surface area contributed by atoms with Crippen molar-refractivity contribution in [3.05, 3.63) is 22.2 Å². The molecule has 1 aromatic carbocycles. The van der Waals surface area contributed by atoms with E-state index in [1.165, 1.54) is 7.11 Å². The highest BCUT2D eigenvalue weighted by molar-refractivity contribution is 6.31. The van der Waals surface area contributed by atoms with E-state index in [1.54, 1.807) is 6.07 Å². The lowest BCUT2D eigenvalue weighted by atomic mass is 9.99. The third-order valence-corrected chi connectivity index (χ3v) is 3.53. The summed E-state index contributed by atoms with van der Waals surface area (Å²) in [5, 5.41) is 20.4. The molecule has 1 fully saturated rings. The molecule has 0 aliphatic heterocycles. The first-order valence-electron chi connectivity index (χ1n) is 5.24. The minimum Gasteiger partial charge on any atom is -0.504 e. The van der Waals surface area contributed by atoms with E-state index in [9.17, 15) is 10.2 Å². The maximum absolute atomic E-state index is 9.99. The molecule has 0 aromatic heterocycles. The Morgan fingerprint density at radius 1 is 1.50 bits per heavy atom. The monoisotopic (exact) mass is 242 g/mol. The number of ether oxygens (including phenoxy) is 1. The molecular weight excluding hydrogens is 228 g/mol. The third-order valence-electron chi connectivity index (χ3n) is 3.14. The standard InChI is InChI=1S/C12H15ClO3/c1-7-8(6-12(15)3-4-12)11(14)10(16-2)5-9(7)13/h5,14-15H,3-4,6H2,1-2H3. The Labute approximate surface area is 99.6 Å². The summed E-state index contributed by atoms with van der Waals surface area (Å²) < 4.78 is 5.04. The second-order valence-corrected chi connectivity index (χ2v) is 4.82. The van der Waals surface area contributed by atoms with Gasteiger partial charge in [0.05, 0.1) is 12.7 Å². The van der Waals surface area contributed by atoms with Gasteiger partial charge < -0.3 is 14.9 Å². The summed E-state index contributed by atoms with van der Waals surface area (Å²) >= 11 is 6.05. The Kier molecular flexibility index (Phi) is 2.76. The average molecular weight is 243 g/mol. The van der Waals surface area contributed by atoms with Crippen molar-refractivity contribution in [2.75, 3.05) is 7.11 Å². The van der Waals surface area contributed by atoms with E-state index in [2.05, 4.69) is 0 Å². The van der Waals surface area contributed by atoms with Gasteiger partial charge >= 0.3 is 0 Å². The maximum atomic E-state index is 9.99. The van der Waals surface area contributed by atoms with E-state index in [4.69, 9.17) is 16.3 Å². The summed E-state index contributed by atoms with van der Waals surface area (Å²) in [5.74, 6) is 0.444. The highest BCUT2D eigenvalue weighted by atomic mass is 35.5. The molecule has 3 nitrogen and oxygen atoms in total. The van der Waals surface area contributed by atoms with Crippen LogP contribution in [-0.4, -0.2) is 22.9 Å². The predicted molar refractivity (Wildman–Crippen MR) is 62.3 cm³/mol. The minimum atomic E-state index is -0.655. The van der Waals surface area contributed by atoms with Crippen molar-refractivity contribution in [2.24, 2.45) is 0 Å². The average Bonchev–Trinajstić information content (AvgIpc) is 2.97. The Morgan fingerprint density at radius 2 is 2.12 bits per heavy atom. The summed E-state index contributed by atoms with van der Waals surface area (Å²) in [7, 11) is 1.48. The number of hydrogen-bond acceptors (Lipinski definition) is 3. The van der Waals surface area contributed by atoms with Gasteiger partial charge in [-0.3, -0.25) is 0 Å². The molecule has 1 saturated carbocycles. The molecule has 4 heteroatoms. The van der Waals surface area contributed by atoms with Crippen LogP contribution in [0.4, 0.5) is 0 Å². The summed E-state index contributed by atoms with van der Waals surface area (Å²) in [4.78, 5) is 0. The third kappa shape index (κ3) is 1.97. The van der Waals surface area contributed by atoms with Crippen LogP contribution in [0, 0.1) is 6.92 Å². The topological polar surface area (TPSA) is 49.7 Å². The predicted octanol–water partition coefficient (Wildman–Crippen LogP) is 2.43. The highest BCUT2D eigenvalue weighted by Crippen LogP contribution is 2.44. The lowest BCUT2D eigenvalue weighted by molar-refractivity contribution is 0.149. The van der Waals surface area contributed by atoms with Gasteiger partial charge in [-0.25, -0.2) is 0 Å². The molecule has 0 unspecified atom stereocenters. The molecule has 1 aliphatic carbocycles. The van der Waals surface area contributed by atoms with Crippen molar-refractivity contribution in [3.8, 4) is 11.5 Å². The second-order valence-electron chi connectivity index (χ2n) is 4.41. The number of aliphatic hydroxyl groups is 1. The van der Waals surface area contributed by atoms with Gasteiger partial charge in [-0.1, -0.05) is 11.6 Å². The van der Waals surface area contributed by atoms with Crippen LogP contribution in [0.1, 0.15) is 24.0 Å². The van der Waals surface area contributed by atoms with Crippen LogP contribution in [0.3, 0.4) is 0 Å². The van der Waals surface area contributed by atoms with Crippen molar-refractivity contribution in [3.63, 3.8) is 0 Å². The molecule has 88 valence electrons. The lowest BCUT2D eigenvalue weighted by Gasteiger charge is -2.16. The van der Waals surface area contributed by atoms with Gasteiger partial charge in [-0.15, -0.1) is 0 Å². The van der Waals surface area contributed by atoms with Gasteiger partial charge in [0.1, 0.15) is 0 Å². The largest absolute Gasteiger partial charge is 0.504 e. The van der Waals surface area contributed by atoms with E-state index >= 15 is 0 Å². The molecule has 0 atom stereocenters. The Morgan fingerprint density at radius 3 is 2.62 bits per heavy atom. The molecule has 2 N–H and O–H groups in total. The molecule has 0 saturated heterocycles. The quantitative estimate of drug-likeness (QED) is 0.856. The van der Waals surface area contributed by atoms with Gasteiger partial charge in [0.15, 0.2) is 11.5 Å². The smallest absolute Gasteiger partial charge is 0.162 e. The van der Waals surface area contributed by atoms with E-state index in [-0.39, 0.29) is 5.75 Å². The summed E-state index contributed by atoms with van der Waals surface area (Å²) in [6.45, 7) is 1.84. The molecule has 2 rings (SSSR count). The Hall–Kier alpha value is -0.930. The number of methoxy groups -OCH3 is 1. The number of rotatable bonds is 3. The zero-order valence-corrected chi connectivity index (χ0v) is 10.1. The number of aromatic hydroxyl groups is 1. The normalized spacial score (nSPS) is 17.2. The molecule has 0 amide bonds. The van der Waals surface area contributed by atoms with Crippen LogP contribution in [0.15, 0.2) is 6.07 Å². The molecular formula is C12H15ClO3. The molecule has 0 heterocycles. The Bertz CT molecular complexity index is 425. The first-order chi connectivity index (χ1) is 7.47. The molecule has 1 aliphatic rings. The van der Waals surface area contributed by atoms with Crippen LogP contribution in [0.2, 0.25) is 5.02 Å². The fourth-order valence-electron chi connectivity index (χ4n) is 1.78. The van der Waals surface area contributed by atoms with Gasteiger partial charge in [-0.2, -0.15) is 0 Å². The maximum Gasteiger partial charge on any atom is 0.162 e. The number of benzene rings is 1. The van der Waals surface area contributed by atoms with Crippen molar-refractivity contribution in [1.29, 1.82) is 0 Å². The highest BCUT2D eigenvalue weighted by Gasteiger charge is 2.41. The van der Waals surface area contributed by atoms with E-state index in [0.717, 1.165) is 18.4 Å². The molecule has 16 heavy (non-hydrogen) atoms. The van der Waals surface area contributed by atoms with E-state index in [1.807, 2.05) is 6.92 Å². The SMILES string of the molecule is COc1cc(Cl)c(C)c(CC2(O)CC2)c1O. The minimum absolute atomic E-state index is 0.0877. The zero-order valence-electron chi connectivity index (χ0n) is 9.38. The second kappa shape index (κ2) is 3.82. The van der Waals surface area contributed by atoms with Gasteiger partial charge in [-0.05, 0) is 25.3 Å². The van der Waals surface area contributed by atoms with Crippen molar-refractivity contribution >= 4 is 11.6 Å². The van der Waals surface area contributed by atoms with Crippen molar-refractivity contribution in [2.45, 2.75) is 31.8 Å². The number of phenols is 1. The summed E-state index contributed by atoms with van der Waals surface area (Å²) in [6.07, 6.45) is 1.99. The molecule has 0 bridgehead atoms. The molecule has 0 spiro atoms. The van der Waals surface area contributed by atoms with Crippen LogP contribution in [-0.2, 0) is 6.42 Å². The van der Waals surface area contributed by atoms with Gasteiger partial charge in [0, 0.05) is 23.1 Å². The van der Waals surface area contributed by atoms with Crippen molar-refractivity contribution < 1.29 is 14.9 Å². The number of hydrogen-bond donors (Lipinski definition) is 2. The van der Waals surface area contributed by atoms with E-state index in [0.29, 0.717) is 22.8 Å². The van der Waals surface area contributed by atoms with Gasteiger partial charge in [0.25, 0.3) is 0 Å². The summed E-state index contributed by atoms with van der Waals surface area (Å²) in [6, 6.07) is 1.59. The fraction of sp³-hybridized carbons (Fsp3) is 0.500. The Balaban J connectivity index is 2.44. The molecule has 1 aromatic rings. The van der Waals surface area contributed by atoms with Crippen LogP contribution >= 0.6 is 11.6 Å². The molecule has 0 radical (unpaired) electrons. The van der Waals surface area contributed by atoms with E-state index < -0.39 is 5.60 Å². The first-order valence-corrected chi connectivity index (χ1v) is 5.62. The lowest BCUT2D eigenvalue weighted by Crippen LogP contribution is -2.12. The van der Waals surface area contributed by atoms with Crippen molar-refractivity contribution in [1.82, 2.24) is 0 Å². The van der Waals surface area contributed by atoms with Crippen LogP contribution in [0.5, 0.6) is 11.5 Å². The number of phenolic OH excluding ortho intramolecular Hbond substituents is 1. The first kappa shape index (κ1) is 11.6. The fourth-order valence-corrected chi connectivity index (χ4v) is 2.00.